The summed E-state index contributed by atoms with van der Waals surface area (Å²) in [6.07, 6.45) is 1.80. The van der Waals surface area contributed by atoms with E-state index in [9.17, 15) is 5.26 Å². The van der Waals surface area contributed by atoms with Gasteiger partial charge in [-0.15, -0.1) is 0 Å². The highest BCUT2D eigenvalue weighted by Crippen LogP contribution is 2.30. The Hall–Kier alpha value is -3.10. The molecule has 1 unspecified atom stereocenters. The number of pyridine rings is 1. The van der Waals surface area contributed by atoms with Crippen LogP contribution in [-0.2, 0) is 0 Å². The van der Waals surface area contributed by atoms with Crippen LogP contribution in [0.1, 0.15) is 33.2 Å². The van der Waals surface area contributed by atoms with Crippen LogP contribution in [-0.4, -0.2) is 15.0 Å². The Labute approximate surface area is 163 Å². The maximum absolute atomic E-state index is 9.30. The van der Waals surface area contributed by atoms with Gasteiger partial charge in [0.05, 0.1) is 33.6 Å². The van der Waals surface area contributed by atoms with Crippen LogP contribution >= 0.6 is 12.6 Å². The highest BCUT2D eigenvalue weighted by molar-refractivity contribution is 7.80. The highest BCUT2D eigenvalue weighted by Gasteiger charge is 2.15. The van der Waals surface area contributed by atoms with Crippen molar-refractivity contribution in [2.75, 3.05) is 0 Å². The first-order valence-corrected chi connectivity index (χ1v) is 9.19. The third-order valence-corrected chi connectivity index (χ3v) is 5.36. The first kappa shape index (κ1) is 17.3. The summed E-state index contributed by atoms with van der Waals surface area (Å²) in [5, 5.41) is 9.04. The van der Waals surface area contributed by atoms with Crippen LogP contribution in [0, 0.1) is 25.2 Å². The first-order chi connectivity index (χ1) is 13.1. The van der Waals surface area contributed by atoms with Crippen LogP contribution in [0.4, 0.5) is 0 Å². The fourth-order valence-electron chi connectivity index (χ4n) is 3.11. The first-order valence-electron chi connectivity index (χ1n) is 8.67. The van der Waals surface area contributed by atoms with Crippen LogP contribution in [0.2, 0.25) is 0 Å². The maximum Gasteiger partial charge on any atom is 0.140 e. The van der Waals surface area contributed by atoms with Gasteiger partial charge in [-0.2, -0.15) is 17.9 Å². The predicted octanol–water partition coefficient (Wildman–Crippen LogP) is 5.13. The molecule has 5 heteroatoms. The summed E-state index contributed by atoms with van der Waals surface area (Å²) in [5.74, 6) is 0.794. The van der Waals surface area contributed by atoms with Crippen molar-refractivity contribution in [1.29, 1.82) is 5.26 Å². The monoisotopic (exact) mass is 370 g/mol. The lowest BCUT2D eigenvalue weighted by atomic mass is 10.0. The minimum atomic E-state index is -0.254. The summed E-state index contributed by atoms with van der Waals surface area (Å²) in [6.45, 7) is 4.18. The van der Waals surface area contributed by atoms with E-state index in [1.54, 1.807) is 12.3 Å². The lowest BCUT2D eigenvalue weighted by molar-refractivity contribution is 1.05. The molecule has 4 aromatic rings. The molecule has 132 valence electrons. The van der Waals surface area contributed by atoms with E-state index in [0.717, 1.165) is 33.7 Å². The summed E-state index contributed by atoms with van der Waals surface area (Å²) in [6, 6.07) is 17.8. The van der Waals surface area contributed by atoms with Gasteiger partial charge in [0.2, 0.25) is 0 Å². The van der Waals surface area contributed by atoms with Gasteiger partial charge >= 0.3 is 0 Å². The minimum absolute atomic E-state index is 0.254. The zero-order valence-corrected chi connectivity index (χ0v) is 16.0. The molecule has 0 amide bonds. The van der Waals surface area contributed by atoms with Crippen molar-refractivity contribution in [1.82, 2.24) is 15.0 Å². The number of aryl methyl sites for hydroxylation is 2. The molecule has 2 heterocycles. The largest absolute Gasteiger partial charge is 0.338 e. The number of imidazole rings is 1. The van der Waals surface area contributed by atoms with E-state index in [4.69, 9.17) is 0 Å². The molecular weight excluding hydrogens is 352 g/mol. The van der Waals surface area contributed by atoms with E-state index >= 15 is 0 Å². The van der Waals surface area contributed by atoms with E-state index in [1.807, 2.05) is 30.3 Å². The predicted molar refractivity (Wildman–Crippen MR) is 111 cm³/mol. The lowest BCUT2D eigenvalue weighted by Gasteiger charge is -2.12. The number of rotatable bonds is 3. The molecule has 2 aromatic carbocycles. The molecule has 0 radical (unpaired) electrons. The van der Waals surface area contributed by atoms with Gasteiger partial charge in [0, 0.05) is 11.8 Å². The molecule has 4 nitrogen and oxygen atoms in total. The summed E-state index contributed by atoms with van der Waals surface area (Å²) in [5.41, 5.74) is 7.62. The van der Waals surface area contributed by atoms with Crippen LogP contribution < -0.4 is 0 Å². The average Bonchev–Trinajstić information content (AvgIpc) is 3.10. The maximum atomic E-state index is 9.30. The number of aromatic amines is 1. The Morgan fingerprint density at radius 3 is 2.59 bits per heavy atom. The van der Waals surface area contributed by atoms with E-state index in [2.05, 4.69) is 59.6 Å². The molecule has 0 aliphatic carbocycles. The van der Waals surface area contributed by atoms with Gasteiger partial charge in [0.1, 0.15) is 5.82 Å². The van der Waals surface area contributed by atoms with Crippen LogP contribution in [0.25, 0.3) is 22.4 Å². The molecule has 1 N–H and O–H groups in total. The van der Waals surface area contributed by atoms with Crippen molar-refractivity contribution in [3.63, 3.8) is 0 Å². The van der Waals surface area contributed by atoms with Crippen molar-refractivity contribution in [3.05, 3.63) is 82.7 Å². The van der Waals surface area contributed by atoms with Crippen molar-refractivity contribution in [3.8, 4) is 17.5 Å². The SMILES string of the molecule is Cc1cc2nc(-c3ccc(C(S)c4ccccc4C#N)nc3)[nH]c2cc1C. The number of benzene rings is 2. The number of aromatic nitrogens is 3. The number of thiol groups is 1. The second-order valence-electron chi connectivity index (χ2n) is 6.61. The number of nitriles is 1. The molecule has 0 saturated carbocycles. The molecule has 0 fully saturated rings. The molecule has 4 rings (SSSR count). The van der Waals surface area contributed by atoms with Crippen LogP contribution in [0.5, 0.6) is 0 Å². The number of hydrogen-bond acceptors (Lipinski definition) is 4. The highest BCUT2D eigenvalue weighted by atomic mass is 32.1. The molecule has 2 aromatic heterocycles. The van der Waals surface area contributed by atoms with Gasteiger partial charge in [0.15, 0.2) is 0 Å². The molecule has 0 spiro atoms. The fraction of sp³-hybridized carbons (Fsp3) is 0.136. The van der Waals surface area contributed by atoms with Crippen molar-refractivity contribution < 1.29 is 0 Å². The Morgan fingerprint density at radius 1 is 1.07 bits per heavy atom. The normalized spacial score (nSPS) is 12.1. The standard InChI is InChI=1S/C22H18N4S/c1-13-9-19-20(10-14(13)2)26-22(25-19)16-7-8-18(24-12-16)21(27)17-6-4-3-5-15(17)11-23/h3-10,12,21,27H,1-2H3,(H,25,26). The van der Waals surface area contributed by atoms with Crippen molar-refractivity contribution in [2.24, 2.45) is 0 Å². The zero-order chi connectivity index (χ0) is 19.0. The molecule has 1 atom stereocenters. The zero-order valence-electron chi connectivity index (χ0n) is 15.1. The van der Waals surface area contributed by atoms with E-state index in [0.29, 0.717) is 5.56 Å². The second-order valence-corrected chi connectivity index (χ2v) is 7.13. The fourth-order valence-corrected chi connectivity index (χ4v) is 3.49. The van der Waals surface area contributed by atoms with Gasteiger partial charge < -0.3 is 4.98 Å². The Bertz CT molecular complexity index is 1130. The molecule has 0 saturated heterocycles. The summed E-state index contributed by atoms with van der Waals surface area (Å²) < 4.78 is 0. The van der Waals surface area contributed by atoms with Crippen molar-refractivity contribution >= 4 is 23.7 Å². The molecule has 0 aliphatic heterocycles. The minimum Gasteiger partial charge on any atom is -0.338 e. The summed E-state index contributed by atoms with van der Waals surface area (Å²) >= 11 is 4.68. The second kappa shape index (κ2) is 6.90. The molecular formula is C22H18N4S. The average molecular weight is 370 g/mol. The quantitative estimate of drug-likeness (QED) is 0.491. The third-order valence-electron chi connectivity index (χ3n) is 4.81. The van der Waals surface area contributed by atoms with E-state index in [-0.39, 0.29) is 5.25 Å². The van der Waals surface area contributed by atoms with Gasteiger partial charge in [0.25, 0.3) is 0 Å². The topological polar surface area (TPSA) is 65.4 Å². The van der Waals surface area contributed by atoms with Gasteiger partial charge in [-0.25, -0.2) is 4.98 Å². The Balaban J connectivity index is 1.67. The van der Waals surface area contributed by atoms with Gasteiger partial charge in [-0.1, -0.05) is 18.2 Å². The van der Waals surface area contributed by atoms with Crippen LogP contribution in [0.15, 0.2) is 54.7 Å². The van der Waals surface area contributed by atoms with E-state index < -0.39 is 0 Å². The summed E-state index contributed by atoms with van der Waals surface area (Å²) in [7, 11) is 0. The van der Waals surface area contributed by atoms with Crippen molar-refractivity contribution in [2.45, 2.75) is 19.1 Å². The lowest BCUT2D eigenvalue weighted by Crippen LogP contribution is -1.99. The Morgan fingerprint density at radius 2 is 1.85 bits per heavy atom. The molecule has 0 aliphatic rings. The van der Waals surface area contributed by atoms with Gasteiger partial charge in [-0.3, -0.25) is 4.98 Å². The third kappa shape index (κ3) is 3.20. The smallest absolute Gasteiger partial charge is 0.140 e. The number of H-pyrrole nitrogens is 1. The number of nitrogens with one attached hydrogen (secondary N) is 1. The van der Waals surface area contributed by atoms with Gasteiger partial charge in [-0.05, 0) is 60.9 Å². The molecule has 27 heavy (non-hydrogen) atoms. The Kier molecular flexibility index (Phi) is 4.43. The number of fused-ring (bicyclic) bond motifs is 1. The molecule has 0 bridgehead atoms. The summed E-state index contributed by atoms with van der Waals surface area (Å²) in [4.78, 5) is 12.6. The number of nitrogens with zero attached hydrogens (tertiary/aromatic N) is 3. The van der Waals surface area contributed by atoms with Crippen LogP contribution in [0.3, 0.4) is 0 Å². The number of hydrogen-bond donors (Lipinski definition) is 2. The van der Waals surface area contributed by atoms with E-state index in [1.165, 1.54) is 11.1 Å².